The van der Waals surface area contributed by atoms with Gasteiger partial charge in [0.05, 0.1) is 18.4 Å². The number of rotatable bonds is 3. The molecule has 0 radical (unpaired) electrons. The number of carbonyl (C=O) groups is 2. The molecule has 1 aromatic carbocycles. The van der Waals surface area contributed by atoms with Gasteiger partial charge in [-0.25, -0.2) is 9.18 Å². The number of carbonyl (C=O) groups excluding carboxylic acids is 2. The smallest absolute Gasteiger partial charge is 0.410 e. The lowest BCUT2D eigenvalue weighted by molar-refractivity contribution is -0.117. The van der Waals surface area contributed by atoms with Crippen LogP contribution in [0.2, 0.25) is 0 Å². The van der Waals surface area contributed by atoms with E-state index in [1.54, 1.807) is 12.1 Å². The molecule has 2 heterocycles. The number of fused-ring (bicyclic) bond motifs is 1. The zero-order valence-corrected chi connectivity index (χ0v) is 11.5. The summed E-state index contributed by atoms with van der Waals surface area (Å²) in [7, 11) is 0. The number of nitrogens with one attached hydrogen (secondary N) is 1. The zero-order chi connectivity index (χ0) is 15.5. The van der Waals surface area contributed by atoms with Crippen LogP contribution < -0.4 is 10.1 Å². The molecular weight excluding hydrogens is 289 g/mol. The fourth-order valence-electron chi connectivity index (χ4n) is 2.12. The third-order valence-electron chi connectivity index (χ3n) is 3.17. The van der Waals surface area contributed by atoms with Gasteiger partial charge in [-0.1, -0.05) is 18.2 Å². The fourth-order valence-corrected chi connectivity index (χ4v) is 2.12. The zero-order valence-electron chi connectivity index (χ0n) is 11.5. The van der Waals surface area contributed by atoms with E-state index in [1.807, 2.05) is 12.1 Å². The van der Waals surface area contributed by atoms with Crippen LogP contribution in [0.1, 0.15) is 5.56 Å². The molecule has 0 fully saturated rings. The van der Waals surface area contributed by atoms with Gasteiger partial charge in [0.15, 0.2) is 5.82 Å². The predicted octanol–water partition coefficient (Wildman–Crippen LogP) is 2.17. The van der Waals surface area contributed by atoms with Crippen LogP contribution in [0.15, 0.2) is 42.7 Å². The molecule has 0 saturated carbocycles. The van der Waals surface area contributed by atoms with Gasteiger partial charge in [0, 0.05) is 11.8 Å². The van der Waals surface area contributed by atoms with Crippen molar-refractivity contribution in [3.8, 4) is 5.75 Å². The van der Waals surface area contributed by atoms with E-state index in [9.17, 15) is 14.0 Å². The second kappa shape index (κ2) is 5.80. The highest BCUT2D eigenvalue weighted by Gasteiger charge is 2.26. The summed E-state index contributed by atoms with van der Waals surface area (Å²) in [5, 5.41) is 2.40. The lowest BCUT2D eigenvalue weighted by Crippen LogP contribution is -2.41. The van der Waals surface area contributed by atoms with Crippen LogP contribution in [0.25, 0.3) is 0 Å². The number of aromatic nitrogens is 1. The molecule has 2 aromatic rings. The molecule has 0 bridgehead atoms. The van der Waals surface area contributed by atoms with E-state index < -0.39 is 17.8 Å². The van der Waals surface area contributed by atoms with E-state index in [0.29, 0.717) is 5.75 Å². The summed E-state index contributed by atoms with van der Waals surface area (Å²) < 4.78 is 18.6. The monoisotopic (exact) mass is 301 g/mol. The Hall–Kier alpha value is -2.96. The van der Waals surface area contributed by atoms with Crippen molar-refractivity contribution in [1.82, 2.24) is 9.88 Å². The topological polar surface area (TPSA) is 71.5 Å². The summed E-state index contributed by atoms with van der Waals surface area (Å²) in [5.41, 5.74) is 0.829. The lowest BCUT2D eigenvalue weighted by Gasteiger charge is -2.27. The predicted molar refractivity (Wildman–Crippen MR) is 75.7 cm³/mol. The van der Waals surface area contributed by atoms with Crippen LogP contribution in [-0.2, 0) is 11.3 Å². The molecule has 2 amide bonds. The van der Waals surface area contributed by atoms with Crippen molar-refractivity contribution in [2.75, 3.05) is 11.9 Å². The van der Waals surface area contributed by atoms with Gasteiger partial charge in [0.1, 0.15) is 12.3 Å². The Balaban J connectivity index is 1.67. The van der Waals surface area contributed by atoms with E-state index in [2.05, 4.69) is 10.3 Å². The Labute approximate surface area is 125 Å². The van der Waals surface area contributed by atoms with Crippen molar-refractivity contribution in [1.29, 1.82) is 0 Å². The maximum atomic E-state index is 13.4. The van der Waals surface area contributed by atoms with Gasteiger partial charge < -0.3 is 10.1 Å². The second-order valence-electron chi connectivity index (χ2n) is 4.74. The van der Waals surface area contributed by atoms with Gasteiger partial charge >= 0.3 is 6.09 Å². The number of benzene rings is 1. The minimum atomic E-state index is -0.637. The Morgan fingerprint density at radius 2 is 2.18 bits per heavy atom. The quantitative estimate of drug-likeness (QED) is 0.943. The highest BCUT2D eigenvalue weighted by Crippen LogP contribution is 2.25. The van der Waals surface area contributed by atoms with Crippen LogP contribution in [0.5, 0.6) is 5.75 Å². The Morgan fingerprint density at radius 1 is 1.36 bits per heavy atom. The van der Waals surface area contributed by atoms with E-state index in [0.717, 1.165) is 11.8 Å². The first-order valence-corrected chi connectivity index (χ1v) is 6.57. The molecule has 1 aliphatic heterocycles. The molecule has 22 heavy (non-hydrogen) atoms. The summed E-state index contributed by atoms with van der Waals surface area (Å²) in [4.78, 5) is 28.6. The molecule has 0 saturated heterocycles. The Morgan fingerprint density at radius 3 is 3.00 bits per heavy atom. The normalized spacial score (nSPS) is 13.3. The van der Waals surface area contributed by atoms with Crippen molar-refractivity contribution >= 4 is 17.7 Å². The summed E-state index contributed by atoms with van der Waals surface area (Å²) in [6.07, 6.45) is 1.76. The molecule has 3 rings (SSSR count). The lowest BCUT2D eigenvalue weighted by atomic mass is 10.1. The summed E-state index contributed by atoms with van der Waals surface area (Å²) in [6.45, 7) is 0.0379. The molecule has 0 atom stereocenters. The Bertz CT molecular complexity index is 735. The molecule has 7 heteroatoms. The maximum absolute atomic E-state index is 13.4. The Kier molecular flexibility index (Phi) is 3.69. The molecule has 1 aromatic heterocycles. The summed E-state index contributed by atoms with van der Waals surface area (Å²) >= 11 is 0. The van der Waals surface area contributed by atoms with Crippen LogP contribution in [0.3, 0.4) is 0 Å². The molecule has 0 spiro atoms. The van der Waals surface area contributed by atoms with Gasteiger partial charge in [0.2, 0.25) is 5.91 Å². The van der Waals surface area contributed by atoms with Crippen molar-refractivity contribution in [3.63, 3.8) is 0 Å². The minimum absolute atomic E-state index is 0.0192. The van der Waals surface area contributed by atoms with Gasteiger partial charge in [-0.3, -0.25) is 14.7 Å². The first-order chi connectivity index (χ1) is 10.6. The average molecular weight is 301 g/mol. The molecule has 112 valence electrons. The summed E-state index contributed by atoms with van der Waals surface area (Å²) in [6, 6.07) is 8.44. The van der Waals surface area contributed by atoms with Gasteiger partial charge in [-0.15, -0.1) is 0 Å². The first kappa shape index (κ1) is 14.0. The molecule has 1 N–H and O–H groups in total. The van der Waals surface area contributed by atoms with Crippen molar-refractivity contribution in [2.24, 2.45) is 0 Å². The van der Waals surface area contributed by atoms with Crippen LogP contribution in [-0.4, -0.2) is 28.4 Å². The van der Waals surface area contributed by atoms with Gasteiger partial charge in [-0.05, 0) is 12.1 Å². The van der Waals surface area contributed by atoms with E-state index >= 15 is 0 Å². The molecule has 0 unspecified atom stereocenters. The van der Waals surface area contributed by atoms with Crippen LogP contribution >= 0.6 is 0 Å². The summed E-state index contributed by atoms with van der Waals surface area (Å²) in [5.74, 6) is -0.659. The molecule has 0 aliphatic carbocycles. The van der Waals surface area contributed by atoms with E-state index in [4.69, 9.17) is 4.74 Å². The molecule has 1 aliphatic rings. The molecule has 6 nitrogen and oxygen atoms in total. The number of pyridine rings is 1. The highest BCUT2D eigenvalue weighted by molar-refractivity contribution is 5.94. The standard InChI is InChI=1S/C15H12FN3O3/c16-11-7-17-6-5-12(11)18-14(20)9-19-8-10-3-1-2-4-13(10)22-15(19)21/h1-7H,8-9H2,(H,17,18,20). The number of amides is 2. The third kappa shape index (κ3) is 2.88. The number of hydrogen-bond donors (Lipinski definition) is 1. The van der Waals surface area contributed by atoms with Gasteiger partial charge in [-0.2, -0.15) is 0 Å². The first-order valence-electron chi connectivity index (χ1n) is 6.57. The van der Waals surface area contributed by atoms with E-state index in [-0.39, 0.29) is 18.8 Å². The number of ether oxygens (including phenoxy) is 1. The van der Waals surface area contributed by atoms with Crippen molar-refractivity contribution < 1.29 is 18.7 Å². The minimum Gasteiger partial charge on any atom is -0.410 e. The number of nitrogens with zero attached hydrogens (tertiary/aromatic N) is 2. The number of hydrogen-bond acceptors (Lipinski definition) is 4. The van der Waals surface area contributed by atoms with Gasteiger partial charge in [0.25, 0.3) is 0 Å². The van der Waals surface area contributed by atoms with Crippen LogP contribution in [0.4, 0.5) is 14.9 Å². The molecular formula is C15H12FN3O3. The van der Waals surface area contributed by atoms with Crippen molar-refractivity contribution in [2.45, 2.75) is 6.54 Å². The maximum Gasteiger partial charge on any atom is 0.416 e. The number of halogens is 1. The fraction of sp³-hybridized carbons (Fsp3) is 0.133. The van der Waals surface area contributed by atoms with Crippen molar-refractivity contribution in [3.05, 3.63) is 54.1 Å². The average Bonchev–Trinajstić information content (AvgIpc) is 2.50. The second-order valence-corrected chi connectivity index (χ2v) is 4.74. The SMILES string of the molecule is O=C(CN1Cc2ccccc2OC1=O)Nc1ccncc1F. The van der Waals surface area contributed by atoms with Crippen LogP contribution in [0, 0.1) is 5.82 Å². The highest BCUT2D eigenvalue weighted by atomic mass is 19.1. The van der Waals surface area contributed by atoms with E-state index in [1.165, 1.54) is 17.2 Å². The third-order valence-corrected chi connectivity index (χ3v) is 3.17. The largest absolute Gasteiger partial charge is 0.416 e. The number of anilines is 1. The number of para-hydroxylation sites is 1.